The highest BCUT2D eigenvalue weighted by atomic mass is 35.5. The lowest BCUT2D eigenvalue weighted by Crippen LogP contribution is -2.45. The Kier molecular flexibility index (Phi) is 4.36. The van der Waals surface area contributed by atoms with Gasteiger partial charge >= 0.3 is 0 Å². The minimum atomic E-state index is 0.421. The van der Waals surface area contributed by atoms with E-state index in [9.17, 15) is 0 Å². The third-order valence-electron chi connectivity index (χ3n) is 3.66. The van der Waals surface area contributed by atoms with Gasteiger partial charge in [0, 0.05) is 30.7 Å². The van der Waals surface area contributed by atoms with E-state index in [1.54, 1.807) is 0 Å². The van der Waals surface area contributed by atoms with Gasteiger partial charge in [-0.25, -0.2) is 5.32 Å². The second-order valence-electron chi connectivity index (χ2n) is 5.17. The van der Waals surface area contributed by atoms with E-state index in [4.69, 9.17) is 11.6 Å². The van der Waals surface area contributed by atoms with Crippen molar-refractivity contribution in [1.29, 1.82) is 0 Å². The van der Waals surface area contributed by atoms with Crippen LogP contribution in [0.25, 0.3) is 11.1 Å². The minimum Gasteiger partial charge on any atom is -0.314 e. The zero-order chi connectivity index (χ0) is 13.8. The molecule has 1 heterocycles. The number of benzene rings is 2. The fraction of sp³-hybridized carbons (Fsp3) is 0.294. The van der Waals surface area contributed by atoms with Crippen molar-refractivity contribution < 1.29 is 0 Å². The molecule has 20 heavy (non-hydrogen) atoms. The summed E-state index contributed by atoms with van der Waals surface area (Å²) in [5, 5.41) is 8.80. The van der Waals surface area contributed by atoms with Crippen LogP contribution >= 0.6 is 11.6 Å². The summed E-state index contributed by atoms with van der Waals surface area (Å²) in [5.74, 6) is 0. The smallest absolute Gasteiger partial charge is 0.0411 e. The number of hydrogen-bond donors (Lipinski definition) is 1. The Morgan fingerprint density at radius 2 is 1.65 bits per heavy atom. The first-order valence-electron chi connectivity index (χ1n) is 7.03. The summed E-state index contributed by atoms with van der Waals surface area (Å²) in [6.07, 6.45) is 1.02. The first-order valence-corrected chi connectivity index (χ1v) is 7.41. The van der Waals surface area contributed by atoms with Crippen molar-refractivity contribution in [3.8, 4) is 11.1 Å². The van der Waals surface area contributed by atoms with Crippen LogP contribution in [0.3, 0.4) is 0 Å². The van der Waals surface area contributed by atoms with Gasteiger partial charge in [0.15, 0.2) is 0 Å². The predicted molar refractivity (Wildman–Crippen MR) is 84.3 cm³/mol. The Morgan fingerprint density at radius 3 is 2.25 bits per heavy atom. The fourth-order valence-corrected chi connectivity index (χ4v) is 2.67. The summed E-state index contributed by atoms with van der Waals surface area (Å²) in [4.78, 5) is 0. The summed E-state index contributed by atoms with van der Waals surface area (Å²) in [7, 11) is 0. The lowest BCUT2D eigenvalue weighted by molar-refractivity contribution is 0.408. The van der Waals surface area contributed by atoms with Crippen LogP contribution in [0, 0.1) is 0 Å². The fourth-order valence-electron chi connectivity index (χ4n) is 2.54. The van der Waals surface area contributed by atoms with E-state index < -0.39 is 0 Å². The highest BCUT2D eigenvalue weighted by Crippen LogP contribution is 2.22. The molecule has 3 rings (SSSR count). The van der Waals surface area contributed by atoms with Gasteiger partial charge in [-0.3, -0.25) is 0 Å². The normalized spacial score (nSPS) is 18.9. The summed E-state index contributed by atoms with van der Waals surface area (Å²) in [5.41, 5.74) is 3.77. The summed E-state index contributed by atoms with van der Waals surface area (Å²) in [6.45, 7) is 2.96. The standard InChI is InChI=1S/C17H18ClN2/c18-16-7-5-15(6-8-16)14-3-1-13(2-4-14)11-17-12-19-9-10-20-17/h1-8,17,19H,9-12H2. The van der Waals surface area contributed by atoms with Crippen molar-refractivity contribution in [2.75, 3.05) is 19.6 Å². The molecule has 1 aliphatic heterocycles. The van der Waals surface area contributed by atoms with Gasteiger partial charge in [0.2, 0.25) is 0 Å². The molecule has 103 valence electrons. The Labute approximate surface area is 125 Å². The van der Waals surface area contributed by atoms with E-state index in [1.165, 1.54) is 16.7 Å². The summed E-state index contributed by atoms with van der Waals surface area (Å²) < 4.78 is 0. The van der Waals surface area contributed by atoms with E-state index >= 15 is 0 Å². The highest BCUT2D eigenvalue weighted by Gasteiger charge is 2.13. The van der Waals surface area contributed by atoms with Crippen molar-refractivity contribution in [1.82, 2.24) is 10.6 Å². The number of nitrogens with zero attached hydrogens (tertiary/aromatic N) is 1. The Morgan fingerprint density at radius 1 is 1.00 bits per heavy atom. The van der Waals surface area contributed by atoms with Crippen LogP contribution in [0.5, 0.6) is 0 Å². The van der Waals surface area contributed by atoms with Crippen molar-refractivity contribution >= 4 is 11.6 Å². The van der Waals surface area contributed by atoms with Crippen molar-refractivity contribution in [3.63, 3.8) is 0 Å². The van der Waals surface area contributed by atoms with Crippen LogP contribution < -0.4 is 10.6 Å². The Bertz CT molecular complexity index is 542. The van der Waals surface area contributed by atoms with Gasteiger partial charge in [0.25, 0.3) is 0 Å². The second-order valence-corrected chi connectivity index (χ2v) is 5.61. The lowest BCUT2D eigenvalue weighted by atomic mass is 10.00. The van der Waals surface area contributed by atoms with Crippen LogP contribution in [0.4, 0.5) is 0 Å². The number of piperazine rings is 1. The first kappa shape index (κ1) is 13.6. The quantitative estimate of drug-likeness (QED) is 0.921. The average molecular weight is 286 g/mol. The number of rotatable bonds is 3. The molecule has 2 aromatic rings. The Hall–Kier alpha value is -1.35. The predicted octanol–water partition coefficient (Wildman–Crippen LogP) is 3.13. The van der Waals surface area contributed by atoms with Gasteiger partial charge in [0.1, 0.15) is 0 Å². The van der Waals surface area contributed by atoms with E-state index in [1.807, 2.05) is 12.1 Å². The molecule has 3 heteroatoms. The Balaban J connectivity index is 1.69. The number of nitrogens with one attached hydrogen (secondary N) is 1. The molecule has 2 aromatic carbocycles. The zero-order valence-corrected chi connectivity index (χ0v) is 12.1. The van der Waals surface area contributed by atoms with E-state index in [2.05, 4.69) is 47.0 Å². The molecule has 1 radical (unpaired) electrons. The summed E-state index contributed by atoms with van der Waals surface area (Å²) >= 11 is 5.92. The molecule has 1 unspecified atom stereocenters. The molecule has 0 amide bonds. The molecule has 1 saturated heterocycles. The topological polar surface area (TPSA) is 26.1 Å². The van der Waals surface area contributed by atoms with E-state index in [-0.39, 0.29) is 0 Å². The third kappa shape index (κ3) is 3.40. The molecule has 0 aromatic heterocycles. The van der Waals surface area contributed by atoms with Gasteiger partial charge in [-0.1, -0.05) is 48.0 Å². The molecular weight excluding hydrogens is 268 g/mol. The zero-order valence-electron chi connectivity index (χ0n) is 11.3. The van der Waals surface area contributed by atoms with Crippen LogP contribution in [0.15, 0.2) is 48.5 Å². The lowest BCUT2D eigenvalue weighted by Gasteiger charge is -2.22. The molecule has 0 spiro atoms. The van der Waals surface area contributed by atoms with Gasteiger partial charge < -0.3 is 5.32 Å². The van der Waals surface area contributed by atoms with Crippen LogP contribution in [-0.2, 0) is 6.42 Å². The molecule has 1 N–H and O–H groups in total. The molecular formula is C17H18ClN2. The van der Waals surface area contributed by atoms with E-state index in [0.29, 0.717) is 6.04 Å². The van der Waals surface area contributed by atoms with E-state index in [0.717, 1.165) is 31.1 Å². The SMILES string of the molecule is Clc1ccc(-c2ccc(CC3CNCC[N]3)cc2)cc1. The maximum Gasteiger partial charge on any atom is 0.0411 e. The highest BCUT2D eigenvalue weighted by molar-refractivity contribution is 6.30. The molecule has 1 aliphatic rings. The maximum absolute atomic E-state index is 5.92. The molecule has 0 aliphatic carbocycles. The van der Waals surface area contributed by atoms with Crippen molar-refractivity contribution in [2.24, 2.45) is 0 Å². The first-order chi connectivity index (χ1) is 9.81. The van der Waals surface area contributed by atoms with Crippen LogP contribution in [-0.4, -0.2) is 25.7 Å². The average Bonchev–Trinajstić information content (AvgIpc) is 2.50. The van der Waals surface area contributed by atoms with Gasteiger partial charge in [-0.15, -0.1) is 0 Å². The molecule has 2 nitrogen and oxygen atoms in total. The van der Waals surface area contributed by atoms with Crippen molar-refractivity contribution in [3.05, 3.63) is 59.1 Å². The minimum absolute atomic E-state index is 0.421. The monoisotopic (exact) mass is 285 g/mol. The summed E-state index contributed by atoms with van der Waals surface area (Å²) in [6, 6.07) is 17.1. The molecule has 0 bridgehead atoms. The molecule has 1 atom stereocenters. The van der Waals surface area contributed by atoms with Crippen LogP contribution in [0.1, 0.15) is 5.56 Å². The molecule has 1 fully saturated rings. The van der Waals surface area contributed by atoms with Gasteiger partial charge in [0.05, 0.1) is 0 Å². The van der Waals surface area contributed by atoms with Crippen LogP contribution in [0.2, 0.25) is 5.02 Å². The van der Waals surface area contributed by atoms with Gasteiger partial charge in [-0.05, 0) is 35.2 Å². The number of halogens is 1. The largest absolute Gasteiger partial charge is 0.314 e. The molecule has 0 saturated carbocycles. The number of hydrogen-bond acceptors (Lipinski definition) is 1. The maximum atomic E-state index is 5.92. The van der Waals surface area contributed by atoms with Gasteiger partial charge in [-0.2, -0.15) is 0 Å². The van der Waals surface area contributed by atoms with Crippen molar-refractivity contribution in [2.45, 2.75) is 12.5 Å². The third-order valence-corrected chi connectivity index (χ3v) is 3.91. The second kappa shape index (κ2) is 6.40.